The van der Waals surface area contributed by atoms with Gasteiger partial charge in [-0.2, -0.15) is 0 Å². The van der Waals surface area contributed by atoms with E-state index in [2.05, 4.69) is 18.7 Å². The molecule has 0 amide bonds. The van der Waals surface area contributed by atoms with Gasteiger partial charge in [0, 0.05) is 12.6 Å². The van der Waals surface area contributed by atoms with E-state index in [0.29, 0.717) is 17.5 Å². The van der Waals surface area contributed by atoms with Gasteiger partial charge in [-0.25, -0.2) is 4.79 Å². The number of nitrogens with zero attached hydrogens (tertiary/aromatic N) is 1. The van der Waals surface area contributed by atoms with Crippen molar-refractivity contribution in [2.24, 2.45) is 5.92 Å². The highest BCUT2D eigenvalue weighted by molar-refractivity contribution is 5.95. The molecule has 0 spiro atoms. The minimum Gasteiger partial charge on any atom is -0.478 e. The van der Waals surface area contributed by atoms with Crippen LogP contribution in [0.3, 0.4) is 0 Å². The van der Waals surface area contributed by atoms with Crippen LogP contribution in [0, 0.1) is 12.8 Å². The summed E-state index contributed by atoms with van der Waals surface area (Å²) in [4.78, 5) is 13.6. The fraction of sp³-hybridized carbons (Fsp3) is 0.533. The Kier molecular flexibility index (Phi) is 3.60. The minimum absolute atomic E-state index is 0.417. The van der Waals surface area contributed by atoms with E-state index in [1.807, 2.05) is 19.1 Å². The number of rotatable bonds is 2. The second kappa shape index (κ2) is 5.01. The summed E-state index contributed by atoms with van der Waals surface area (Å²) in [5, 5.41) is 9.35. The van der Waals surface area contributed by atoms with E-state index >= 15 is 0 Å². The molecule has 2 unspecified atom stereocenters. The maximum Gasteiger partial charge on any atom is 0.337 e. The molecule has 1 fully saturated rings. The van der Waals surface area contributed by atoms with Gasteiger partial charge in [0.15, 0.2) is 0 Å². The SMILES string of the molecule is Cc1cccc(C(=O)O)c1N1CC(C)CCC1C. The molecule has 3 heteroatoms. The third-order valence-electron chi connectivity index (χ3n) is 3.87. The van der Waals surface area contributed by atoms with E-state index in [9.17, 15) is 9.90 Å². The van der Waals surface area contributed by atoms with Gasteiger partial charge < -0.3 is 10.0 Å². The van der Waals surface area contributed by atoms with Gasteiger partial charge in [-0.1, -0.05) is 19.1 Å². The summed E-state index contributed by atoms with van der Waals surface area (Å²) in [6, 6.07) is 5.94. The fourth-order valence-electron chi connectivity index (χ4n) is 2.81. The van der Waals surface area contributed by atoms with Crippen LogP contribution in [0.25, 0.3) is 0 Å². The van der Waals surface area contributed by atoms with E-state index in [4.69, 9.17) is 0 Å². The minimum atomic E-state index is -0.834. The van der Waals surface area contributed by atoms with Crippen LogP contribution in [-0.2, 0) is 0 Å². The first-order valence-corrected chi connectivity index (χ1v) is 6.60. The van der Waals surface area contributed by atoms with Gasteiger partial charge in [-0.15, -0.1) is 0 Å². The molecule has 1 aliphatic heterocycles. The third-order valence-corrected chi connectivity index (χ3v) is 3.87. The summed E-state index contributed by atoms with van der Waals surface area (Å²) in [6.45, 7) is 7.36. The predicted molar refractivity (Wildman–Crippen MR) is 73.3 cm³/mol. The standard InChI is InChI=1S/C15H21NO2/c1-10-7-8-12(3)16(9-10)14-11(2)5-4-6-13(14)15(17)18/h4-6,10,12H,7-9H2,1-3H3,(H,17,18). The number of carbonyl (C=O) groups is 1. The average molecular weight is 247 g/mol. The van der Waals surface area contributed by atoms with Crippen molar-refractivity contribution in [1.29, 1.82) is 0 Å². The Labute approximate surface area is 108 Å². The first-order chi connectivity index (χ1) is 8.50. The Morgan fingerprint density at radius 3 is 2.72 bits per heavy atom. The first-order valence-electron chi connectivity index (χ1n) is 6.60. The Balaban J connectivity index is 2.45. The van der Waals surface area contributed by atoms with Crippen molar-refractivity contribution in [3.8, 4) is 0 Å². The lowest BCUT2D eigenvalue weighted by Crippen LogP contribution is -2.42. The van der Waals surface area contributed by atoms with Crippen molar-refractivity contribution in [3.05, 3.63) is 29.3 Å². The molecule has 1 aliphatic rings. The van der Waals surface area contributed by atoms with Crippen LogP contribution in [0.5, 0.6) is 0 Å². The number of hydrogen-bond acceptors (Lipinski definition) is 2. The highest BCUT2D eigenvalue weighted by Crippen LogP contribution is 2.32. The first kappa shape index (κ1) is 12.9. The molecule has 1 aromatic carbocycles. The second-order valence-corrected chi connectivity index (χ2v) is 5.46. The zero-order chi connectivity index (χ0) is 13.3. The van der Waals surface area contributed by atoms with Gasteiger partial charge in [-0.05, 0) is 44.2 Å². The number of carboxylic acid groups (broad SMARTS) is 1. The largest absolute Gasteiger partial charge is 0.478 e. The predicted octanol–water partition coefficient (Wildman–Crippen LogP) is 3.32. The summed E-state index contributed by atoms with van der Waals surface area (Å²) >= 11 is 0. The summed E-state index contributed by atoms with van der Waals surface area (Å²) in [6.07, 6.45) is 2.36. The molecule has 2 atom stereocenters. The Morgan fingerprint density at radius 1 is 1.33 bits per heavy atom. The monoisotopic (exact) mass is 247 g/mol. The maximum absolute atomic E-state index is 11.4. The fourth-order valence-corrected chi connectivity index (χ4v) is 2.81. The maximum atomic E-state index is 11.4. The number of anilines is 1. The lowest BCUT2D eigenvalue weighted by Gasteiger charge is -2.40. The average Bonchev–Trinajstić information content (AvgIpc) is 2.32. The van der Waals surface area contributed by atoms with Crippen LogP contribution < -0.4 is 4.90 Å². The summed E-state index contributed by atoms with van der Waals surface area (Å²) in [7, 11) is 0. The van der Waals surface area contributed by atoms with E-state index < -0.39 is 5.97 Å². The molecular weight excluding hydrogens is 226 g/mol. The van der Waals surface area contributed by atoms with Gasteiger partial charge >= 0.3 is 5.97 Å². The molecule has 1 aromatic rings. The molecule has 98 valence electrons. The lowest BCUT2D eigenvalue weighted by atomic mass is 9.93. The van der Waals surface area contributed by atoms with Gasteiger partial charge in [0.2, 0.25) is 0 Å². The number of benzene rings is 1. The molecule has 2 rings (SSSR count). The Morgan fingerprint density at radius 2 is 2.06 bits per heavy atom. The summed E-state index contributed by atoms with van der Waals surface area (Å²) in [5.41, 5.74) is 2.39. The van der Waals surface area contributed by atoms with Gasteiger partial charge in [0.1, 0.15) is 0 Å². The molecule has 0 bridgehead atoms. The molecule has 1 saturated heterocycles. The number of aryl methyl sites for hydroxylation is 1. The molecular formula is C15H21NO2. The summed E-state index contributed by atoms with van der Waals surface area (Å²) in [5.74, 6) is -0.207. The molecule has 18 heavy (non-hydrogen) atoms. The molecule has 3 nitrogen and oxygen atoms in total. The van der Waals surface area contributed by atoms with Gasteiger partial charge in [0.25, 0.3) is 0 Å². The second-order valence-electron chi connectivity index (χ2n) is 5.46. The molecule has 1 N–H and O–H groups in total. The normalized spacial score (nSPS) is 24.1. The molecule has 0 aliphatic carbocycles. The molecule has 0 radical (unpaired) electrons. The van der Waals surface area contributed by atoms with Crippen molar-refractivity contribution in [2.75, 3.05) is 11.4 Å². The lowest BCUT2D eigenvalue weighted by molar-refractivity contribution is 0.0697. The smallest absolute Gasteiger partial charge is 0.337 e. The van der Waals surface area contributed by atoms with Crippen molar-refractivity contribution in [1.82, 2.24) is 0 Å². The quantitative estimate of drug-likeness (QED) is 0.871. The molecule has 1 heterocycles. The number of piperidine rings is 1. The van der Waals surface area contributed by atoms with E-state index in [1.54, 1.807) is 6.07 Å². The Hall–Kier alpha value is -1.51. The number of carboxylic acids is 1. The van der Waals surface area contributed by atoms with E-state index in [0.717, 1.165) is 24.2 Å². The molecule has 0 aromatic heterocycles. The highest BCUT2D eigenvalue weighted by Gasteiger charge is 2.27. The van der Waals surface area contributed by atoms with E-state index in [-0.39, 0.29) is 0 Å². The molecule has 0 saturated carbocycles. The highest BCUT2D eigenvalue weighted by atomic mass is 16.4. The van der Waals surface area contributed by atoms with Crippen molar-refractivity contribution >= 4 is 11.7 Å². The van der Waals surface area contributed by atoms with Crippen molar-refractivity contribution < 1.29 is 9.90 Å². The number of aromatic carboxylic acids is 1. The van der Waals surface area contributed by atoms with Crippen LogP contribution in [-0.4, -0.2) is 23.7 Å². The Bertz CT molecular complexity index is 456. The van der Waals surface area contributed by atoms with Crippen LogP contribution >= 0.6 is 0 Å². The van der Waals surface area contributed by atoms with Crippen LogP contribution in [0.15, 0.2) is 18.2 Å². The zero-order valence-corrected chi connectivity index (χ0v) is 11.3. The van der Waals surface area contributed by atoms with Crippen molar-refractivity contribution in [2.45, 2.75) is 39.7 Å². The van der Waals surface area contributed by atoms with Gasteiger partial charge in [0.05, 0.1) is 11.3 Å². The van der Waals surface area contributed by atoms with Crippen molar-refractivity contribution in [3.63, 3.8) is 0 Å². The van der Waals surface area contributed by atoms with Gasteiger partial charge in [-0.3, -0.25) is 0 Å². The number of para-hydroxylation sites is 1. The van der Waals surface area contributed by atoms with E-state index in [1.165, 1.54) is 6.42 Å². The van der Waals surface area contributed by atoms with Crippen LogP contribution in [0.1, 0.15) is 42.6 Å². The third kappa shape index (κ3) is 2.35. The summed E-state index contributed by atoms with van der Waals surface area (Å²) < 4.78 is 0. The zero-order valence-electron chi connectivity index (χ0n) is 11.3. The van der Waals surface area contributed by atoms with Crippen LogP contribution in [0.4, 0.5) is 5.69 Å². The number of hydrogen-bond donors (Lipinski definition) is 1. The van der Waals surface area contributed by atoms with Crippen LogP contribution in [0.2, 0.25) is 0 Å². The topological polar surface area (TPSA) is 40.5 Å².